The molecule has 3 N–H and O–H groups in total. The van der Waals surface area contributed by atoms with Crippen molar-refractivity contribution in [1.82, 2.24) is 14.5 Å². The van der Waals surface area contributed by atoms with Crippen molar-refractivity contribution in [2.45, 2.75) is 43.7 Å². The summed E-state index contributed by atoms with van der Waals surface area (Å²) in [7, 11) is -3.44. The van der Waals surface area contributed by atoms with Gasteiger partial charge in [-0.2, -0.15) is 5.10 Å². The minimum Gasteiger partial charge on any atom is -0.329 e. The maximum absolute atomic E-state index is 12.1. The zero-order valence-electron chi connectivity index (χ0n) is 10.5. The lowest BCUT2D eigenvalue weighted by molar-refractivity contribution is 0.538. The third-order valence-corrected chi connectivity index (χ3v) is 4.77. The number of nitrogens with two attached hydrogens (primary N) is 1. The summed E-state index contributed by atoms with van der Waals surface area (Å²) in [5.74, 6) is 0.595. The van der Waals surface area contributed by atoms with E-state index in [-0.39, 0.29) is 10.9 Å². The van der Waals surface area contributed by atoms with Crippen LogP contribution in [0.3, 0.4) is 0 Å². The largest absolute Gasteiger partial charge is 0.329 e. The molecule has 0 aliphatic heterocycles. The average Bonchev–Trinajstić information content (AvgIpc) is 2.88. The first-order chi connectivity index (χ1) is 8.51. The Kier molecular flexibility index (Phi) is 4.04. The maximum atomic E-state index is 12.1. The van der Waals surface area contributed by atoms with Crippen LogP contribution >= 0.6 is 0 Å². The van der Waals surface area contributed by atoms with Gasteiger partial charge >= 0.3 is 0 Å². The van der Waals surface area contributed by atoms with Crippen LogP contribution in [0.25, 0.3) is 0 Å². The van der Waals surface area contributed by atoms with E-state index >= 15 is 0 Å². The van der Waals surface area contributed by atoms with E-state index in [0.29, 0.717) is 19.0 Å². The summed E-state index contributed by atoms with van der Waals surface area (Å²) in [6.45, 7) is 3.11. The zero-order chi connectivity index (χ0) is 13.2. The number of sulfonamides is 1. The minimum absolute atomic E-state index is 0.0582. The molecule has 0 radical (unpaired) electrons. The molecule has 1 heterocycles. The summed E-state index contributed by atoms with van der Waals surface area (Å²) in [6.07, 6.45) is 5.80. The number of hydrogen-bond acceptors (Lipinski definition) is 4. The van der Waals surface area contributed by atoms with Crippen molar-refractivity contribution < 1.29 is 8.42 Å². The number of nitrogens with zero attached hydrogens (tertiary/aromatic N) is 2. The molecule has 6 nitrogen and oxygen atoms in total. The molecule has 1 saturated carbocycles. The van der Waals surface area contributed by atoms with E-state index in [1.54, 1.807) is 4.68 Å². The second kappa shape index (κ2) is 5.38. The normalized spacial score (nSPS) is 24.6. The Hall–Kier alpha value is -0.920. The molecule has 1 aliphatic rings. The Morgan fingerprint density at radius 2 is 2.33 bits per heavy atom. The minimum atomic E-state index is -3.44. The fraction of sp³-hybridized carbons (Fsp3) is 0.727. The summed E-state index contributed by atoms with van der Waals surface area (Å²) in [5, 5.41) is 3.98. The van der Waals surface area contributed by atoms with Gasteiger partial charge in [-0.05, 0) is 25.2 Å². The third-order valence-electron chi connectivity index (χ3n) is 3.29. The molecule has 0 amide bonds. The first-order valence-electron chi connectivity index (χ1n) is 6.26. The van der Waals surface area contributed by atoms with Crippen LogP contribution in [0.15, 0.2) is 17.3 Å². The van der Waals surface area contributed by atoms with Crippen LogP contribution in [-0.4, -0.2) is 30.8 Å². The van der Waals surface area contributed by atoms with Crippen LogP contribution in [-0.2, 0) is 16.6 Å². The smallest absolute Gasteiger partial charge is 0.243 e. The molecular weight excluding hydrogens is 252 g/mol. The lowest BCUT2D eigenvalue weighted by Gasteiger charge is -2.11. The topological polar surface area (TPSA) is 90.0 Å². The Morgan fingerprint density at radius 1 is 1.56 bits per heavy atom. The van der Waals surface area contributed by atoms with Crippen LogP contribution in [0.1, 0.15) is 26.2 Å². The highest BCUT2D eigenvalue weighted by atomic mass is 32.2. The standard InChI is InChI=1S/C11H20N4O2S/c1-9-2-3-10(6-9)14-18(16,17)11-7-13-15(8-11)5-4-12/h7-10,14H,2-6,12H2,1H3. The summed E-state index contributed by atoms with van der Waals surface area (Å²) < 4.78 is 28.5. The number of nitrogens with one attached hydrogen (secondary N) is 1. The molecule has 0 bridgehead atoms. The van der Waals surface area contributed by atoms with Gasteiger partial charge in [0.1, 0.15) is 4.90 Å². The van der Waals surface area contributed by atoms with Gasteiger partial charge in [-0.3, -0.25) is 4.68 Å². The van der Waals surface area contributed by atoms with Crippen LogP contribution < -0.4 is 10.5 Å². The second-order valence-corrected chi connectivity index (χ2v) is 6.68. The molecule has 1 aromatic rings. The quantitative estimate of drug-likeness (QED) is 0.807. The van der Waals surface area contributed by atoms with Crippen molar-refractivity contribution in [3.8, 4) is 0 Å². The van der Waals surface area contributed by atoms with E-state index in [0.717, 1.165) is 19.3 Å². The Morgan fingerprint density at radius 3 is 2.94 bits per heavy atom. The molecule has 0 aromatic carbocycles. The fourth-order valence-electron chi connectivity index (χ4n) is 2.34. The first-order valence-corrected chi connectivity index (χ1v) is 7.74. The van der Waals surface area contributed by atoms with Crippen LogP contribution in [0.2, 0.25) is 0 Å². The third kappa shape index (κ3) is 3.09. The molecule has 7 heteroatoms. The van der Waals surface area contributed by atoms with E-state index in [1.807, 2.05) is 0 Å². The molecule has 1 aliphatic carbocycles. The van der Waals surface area contributed by atoms with Crippen molar-refractivity contribution in [2.75, 3.05) is 6.54 Å². The first kappa shape index (κ1) is 13.5. The molecule has 1 fully saturated rings. The van der Waals surface area contributed by atoms with Gasteiger partial charge in [0.25, 0.3) is 0 Å². The van der Waals surface area contributed by atoms with Crippen molar-refractivity contribution >= 4 is 10.0 Å². The number of aromatic nitrogens is 2. The SMILES string of the molecule is CC1CCC(NS(=O)(=O)c2cnn(CCN)c2)C1. The molecule has 1 aromatic heterocycles. The Labute approximate surface area is 108 Å². The van der Waals surface area contributed by atoms with Crippen LogP contribution in [0.5, 0.6) is 0 Å². The molecule has 2 rings (SSSR count). The van der Waals surface area contributed by atoms with Gasteiger partial charge in [0.05, 0.1) is 12.7 Å². The van der Waals surface area contributed by atoms with E-state index in [4.69, 9.17) is 5.73 Å². The molecule has 18 heavy (non-hydrogen) atoms. The summed E-state index contributed by atoms with van der Waals surface area (Å²) >= 11 is 0. The summed E-state index contributed by atoms with van der Waals surface area (Å²) in [5.41, 5.74) is 5.40. The van der Waals surface area contributed by atoms with E-state index < -0.39 is 10.0 Å². The van der Waals surface area contributed by atoms with E-state index in [2.05, 4.69) is 16.7 Å². The Balaban J connectivity index is 2.05. The molecule has 0 saturated heterocycles. The number of hydrogen-bond donors (Lipinski definition) is 2. The highest BCUT2D eigenvalue weighted by molar-refractivity contribution is 7.89. The molecule has 0 spiro atoms. The fourth-order valence-corrected chi connectivity index (χ4v) is 3.57. The van der Waals surface area contributed by atoms with Gasteiger partial charge in [-0.15, -0.1) is 0 Å². The lowest BCUT2D eigenvalue weighted by Crippen LogP contribution is -2.32. The summed E-state index contributed by atoms with van der Waals surface area (Å²) in [6, 6.07) is 0.0582. The van der Waals surface area contributed by atoms with Crippen molar-refractivity contribution in [1.29, 1.82) is 0 Å². The number of rotatable bonds is 5. The van der Waals surface area contributed by atoms with Gasteiger partial charge in [0, 0.05) is 18.8 Å². The van der Waals surface area contributed by atoms with Gasteiger partial charge < -0.3 is 5.73 Å². The van der Waals surface area contributed by atoms with Crippen molar-refractivity contribution in [3.05, 3.63) is 12.4 Å². The summed E-state index contributed by atoms with van der Waals surface area (Å²) in [4.78, 5) is 0.218. The molecule has 102 valence electrons. The van der Waals surface area contributed by atoms with Crippen LogP contribution in [0.4, 0.5) is 0 Å². The van der Waals surface area contributed by atoms with Crippen LogP contribution in [0, 0.1) is 5.92 Å². The van der Waals surface area contributed by atoms with Gasteiger partial charge in [0.15, 0.2) is 0 Å². The van der Waals surface area contributed by atoms with Gasteiger partial charge in [-0.1, -0.05) is 6.92 Å². The second-order valence-electron chi connectivity index (χ2n) is 4.96. The van der Waals surface area contributed by atoms with E-state index in [9.17, 15) is 8.42 Å². The van der Waals surface area contributed by atoms with Crippen molar-refractivity contribution in [2.24, 2.45) is 11.7 Å². The molecule has 2 unspecified atom stereocenters. The highest BCUT2D eigenvalue weighted by Gasteiger charge is 2.27. The monoisotopic (exact) mass is 272 g/mol. The lowest BCUT2D eigenvalue weighted by atomic mass is 10.1. The highest BCUT2D eigenvalue weighted by Crippen LogP contribution is 2.25. The van der Waals surface area contributed by atoms with E-state index in [1.165, 1.54) is 12.4 Å². The average molecular weight is 272 g/mol. The zero-order valence-corrected chi connectivity index (χ0v) is 11.4. The Bertz CT molecular complexity index is 497. The predicted octanol–water partition coefficient (Wildman–Crippen LogP) is 0.309. The molecule has 2 atom stereocenters. The predicted molar refractivity (Wildman–Crippen MR) is 68.4 cm³/mol. The van der Waals surface area contributed by atoms with Gasteiger partial charge in [0.2, 0.25) is 10.0 Å². The van der Waals surface area contributed by atoms with Crippen molar-refractivity contribution in [3.63, 3.8) is 0 Å². The molecular formula is C11H20N4O2S. The maximum Gasteiger partial charge on any atom is 0.243 e. The van der Waals surface area contributed by atoms with Gasteiger partial charge in [-0.25, -0.2) is 13.1 Å².